The van der Waals surface area contributed by atoms with Gasteiger partial charge in [-0.1, -0.05) is 32.0 Å². The number of phenolic OH excluding ortho intramolecular Hbond substituents is 2. The average Bonchev–Trinajstić information content (AvgIpc) is 3.72. The van der Waals surface area contributed by atoms with E-state index in [1.807, 2.05) is 73.0 Å². The van der Waals surface area contributed by atoms with Crippen LogP contribution in [0.4, 0.5) is 10.5 Å². The van der Waals surface area contributed by atoms with Crippen molar-refractivity contribution in [2.24, 2.45) is 0 Å². The minimum absolute atomic E-state index is 0.0120. The zero-order chi connectivity index (χ0) is 36.4. The maximum absolute atomic E-state index is 13.4. The number of nitrogens with one attached hydrogen (secondary N) is 1. The van der Waals surface area contributed by atoms with Crippen molar-refractivity contribution in [3.63, 3.8) is 0 Å². The van der Waals surface area contributed by atoms with Gasteiger partial charge >= 0.3 is 11.8 Å². The largest absolute Gasteiger partial charge is 0.508 e. The molecule has 4 aromatic heterocycles. The number of para-hydroxylation sites is 1. The number of aromatic amines is 1. The number of nitrogens with zero attached hydrogens (tertiary/aromatic N) is 6. The minimum Gasteiger partial charge on any atom is -0.508 e. The van der Waals surface area contributed by atoms with Gasteiger partial charge in [0, 0.05) is 72.2 Å². The maximum atomic E-state index is 13.4. The molecule has 3 aromatic carbocycles. The van der Waals surface area contributed by atoms with Crippen LogP contribution in [-0.4, -0.2) is 71.5 Å². The molecule has 2 aliphatic heterocycles. The van der Waals surface area contributed by atoms with E-state index in [2.05, 4.69) is 33.4 Å². The Kier molecular flexibility index (Phi) is 7.57. The van der Waals surface area contributed by atoms with Gasteiger partial charge in [-0.25, -0.2) is 24.2 Å². The Hall–Kier alpha value is -6.76. The fraction of sp³-hybridized carbons (Fsp3) is 0.200. The third kappa shape index (κ3) is 5.57. The van der Waals surface area contributed by atoms with Crippen molar-refractivity contribution in [3.05, 3.63) is 119 Å². The van der Waals surface area contributed by atoms with E-state index < -0.39 is 11.8 Å². The highest BCUT2D eigenvalue weighted by molar-refractivity contribution is 6.01. The van der Waals surface area contributed by atoms with Gasteiger partial charge in [-0.3, -0.25) is 0 Å². The standard InChI is InChI=1S/C40H35N7O6/c1-23(2)29-16-31(35(49)18-34(29)48)38-42-43-39(50)47(38)28-9-7-27(8-10-28)44-11-13-45(14-12-44)40(51)53-36-22-52-21-26-20-46-19-25-15-24-5-3-4-6-32(24)41-37(25)33(46)17-30(26)36/h3-10,15-20,22-23,48-49H,11-14,21H2,1-2H3,(H,43,50). The Morgan fingerprint density at radius 1 is 0.887 bits per heavy atom. The van der Waals surface area contributed by atoms with Gasteiger partial charge in [0.05, 0.1) is 27.8 Å². The lowest BCUT2D eigenvalue weighted by molar-refractivity contribution is 0.135. The van der Waals surface area contributed by atoms with Crippen LogP contribution < -0.4 is 10.6 Å². The molecular weight excluding hydrogens is 674 g/mol. The van der Waals surface area contributed by atoms with Crippen molar-refractivity contribution < 1.29 is 24.5 Å². The van der Waals surface area contributed by atoms with Crippen molar-refractivity contribution in [1.29, 1.82) is 0 Å². The Morgan fingerprint density at radius 2 is 1.66 bits per heavy atom. The van der Waals surface area contributed by atoms with E-state index in [0.29, 0.717) is 55.4 Å². The first-order chi connectivity index (χ1) is 25.7. The number of phenols is 2. The second kappa shape index (κ2) is 12.5. The van der Waals surface area contributed by atoms with Gasteiger partial charge in [0.15, 0.2) is 11.6 Å². The third-order valence-electron chi connectivity index (χ3n) is 10.1. The number of pyridine rings is 2. The highest BCUT2D eigenvalue weighted by Crippen LogP contribution is 2.38. The molecule has 1 amide bonds. The van der Waals surface area contributed by atoms with Crippen LogP contribution in [0.15, 0.2) is 96.2 Å². The third-order valence-corrected chi connectivity index (χ3v) is 10.1. The number of hydrogen-bond donors (Lipinski definition) is 3. The molecule has 0 spiro atoms. The highest BCUT2D eigenvalue weighted by atomic mass is 16.6. The molecule has 0 aliphatic carbocycles. The number of hydrogen-bond acceptors (Lipinski definition) is 9. The van der Waals surface area contributed by atoms with Gasteiger partial charge in [0.25, 0.3) is 0 Å². The lowest BCUT2D eigenvalue weighted by atomic mass is 9.98. The Morgan fingerprint density at radius 3 is 2.45 bits per heavy atom. The number of carbonyl (C=O) groups is 1. The normalized spacial score (nSPS) is 14.5. The first kappa shape index (κ1) is 32.2. The maximum Gasteiger partial charge on any atom is 0.415 e. The summed E-state index contributed by atoms with van der Waals surface area (Å²) in [6.07, 6.45) is 5.12. The quantitative estimate of drug-likeness (QED) is 0.182. The predicted octanol–water partition coefficient (Wildman–Crippen LogP) is 6.50. The van der Waals surface area contributed by atoms with Gasteiger partial charge in [-0.05, 0) is 60.0 Å². The van der Waals surface area contributed by atoms with E-state index >= 15 is 0 Å². The summed E-state index contributed by atoms with van der Waals surface area (Å²) in [6.45, 7) is 6.27. The lowest BCUT2D eigenvalue weighted by Gasteiger charge is -2.35. The van der Waals surface area contributed by atoms with E-state index in [1.54, 1.807) is 11.0 Å². The van der Waals surface area contributed by atoms with Crippen LogP contribution in [0.5, 0.6) is 11.5 Å². The van der Waals surface area contributed by atoms with Crippen LogP contribution >= 0.6 is 0 Å². The van der Waals surface area contributed by atoms with Crippen molar-refractivity contribution in [2.75, 3.05) is 31.1 Å². The molecule has 266 valence electrons. The van der Waals surface area contributed by atoms with Gasteiger partial charge in [0.2, 0.25) is 0 Å². The number of fused-ring (bicyclic) bond motifs is 5. The molecule has 6 heterocycles. The summed E-state index contributed by atoms with van der Waals surface area (Å²) in [4.78, 5) is 35.1. The van der Waals surface area contributed by atoms with Crippen LogP contribution in [0.25, 0.3) is 50.2 Å². The van der Waals surface area contributed by atoms with Crippen LogP contribution in [0, 0.1) is 0 Å². The smallest absolute Gasteiger partial charge is 0.415 e. The highest BCUT2D eigenvalue weighted by Gasteiger charge is 2.27. The fourth-order valence-electron chi connectivity index (χ4n) is 7.26. The second-order valence-electron chi connectivity index (χ2n) is 13.7. The van der Waals surface area contributed by atoms with E-state index in [9.17, 15) is 19.8 Å². The summed E-state index contributed by atoms with van der Waals surface area (Å²) in [5.74, 6) is 0.374. The monoisotopic (exact) mass is 709 g/mol. The van der Waals surface area contributed by atoms with Crippen molar-refractivity contribution in [1.82, 2.24) is 29.0 Å². The van der Waals surface area contributed by atoms with E-state index in [4.69, 9.17) is 14.5 Å². The summed E-state index contributed by atoms with van der Waals surface area (Å²) >= 11 is 0. The Labute approximate surface area is 302 Å². The fourth-order valence-corrected chi connectivity index (χ4v) is 7.26. The summed E-state index contributed by atoms with van der Waals surface area (Å²) in [7, 11) is 0. The molecule has 0 unspecified atom stereocenters. The molecule has 1 fully saturated rings. The number of carbonyl (C=O) groups excluding carboxylic acids is 1. The van der Waals surface area contributed by atoms with Gasteiger partial charge < -0.3 is 33.9 Å². The van der Waals surface area contributed by atoms with Crippen molar-refractivity contribution >= 4 is 44.9 Å². The number of piperazine rings is 1. The van der Waals surface area contributed by atoms with Crippen LogP contribution in [0.3, 0.4) is 0 Å². The topological polar surface area (TPSA) is 150 Å². The zero-order valence-corrected chi connectivity index (χ0v) is 29.0. The first-order valence-corrected chi connectivity index (χ1v) is 17.4. The number of anilines is 1. The van der Waals surface area contributed by atoms with Gasteiger partial charge in [0.1, 0.15) is 24.4 Å². The molecule has 53 heavy (non-hydrogen) atoms. The molecule has 0 atom stereocenters. The molecule has 2 aliphatic rings. The Balaban J connectivity index is 0.893. The Bertz CT molecular complexity index is 2670. The number of aromatic nitrogens is 5. The van der Waals surface area contributed by atoms with Crippen LogP contribution in [-0.2, 0) is 16.1 Å². The molecular formula is C40H35N7O6. The number of rotatable bonds is 5. The van der Waals surface area contributed by atoms with E-state index in [-0.39, 0.29) is 23.2 Å². The lowest BCUT2D eigenvalue weighted by Crippen LogP contribution is -2.48. The summed E-state index contributed by atoms with van der Waals surface area (Å²) in [5, 5.41) is 29.7. The molecule has 9 rings (SSSR count). The van der Waals surface area contributed by atoms with E-state index in [1.165, 1.54) is 16.9 Å². The predicted molar refractivity (Wildman–Crippen MR) is 200 cm³/mol. The minimum atomic E-state index is -0.462. The molecule has 13 nitrogen and oxygen atoms in total. The zero-order valence-electron chi connectivity index (χ0n) is 29.0. The number of aromatic hydroxyl groups is 2. The molecule has 3 N–H and O–H groups in total. The molecule has 1 saturated heterocycles. The number of ether oxygens (including phenoxy) is 2. The molecule has 13 heteroatoms. The van der Waals surface area contributed by atoms with E-state index in [0.717, 1.165) is 44.1 Å². The summed E-state index contributed by atoms with van der Waals surface area (Å²) in [6, 6.07) is 22.6. The number of benzene rings is 3. The number of amides is 1. The first-order valence-electron chi connectivity index (χ1n) is 17.4. The molecule has 0 saturated carbocycles. The second-order valence-corrected chi connectivity index (χ2v) is 13.7. The van der Waals surface area contributed by atoms with Crippen molar-refractivity contribution in [3.8, 4) is 28.6 Å². The van der Waals surface area contributed by atoms with Crippen LogP contribution in [0.2, 0.25) is 0 Å². The summed E-state index contributed by atoms with van der Waals surface area (Å²) < 4.78 is 15.1. The summed E-state index contributed by atoms with van der Waals surface area (Å²) in [5.41, 5.74) is 6.40. The molecule has 0 bridgehead atoms. The van der Waals surface area contributed by atoms with Gasteiger partial charge in [-0.15, -0.1) is 0 Å². The average molecular weight is 710 g/mol. The van der Waals surface area contributed by atoms with Gasteiger partial charge in [-0.2, -0.15) is 5.10 Å². The SMILES string of the molecule is CC(C)c1cc(-c2n[nH]c(=O)n2-c2ccc(N3CCN(C(=O)OC4=COCc5cn6cc7cc8ccccc8nc7c6cc54)CC3)cc2)c(O)cc1O. The molecule has 0 radical (unpaired) electrons. The van der Waals surface area contributed by atoms with Crippen molar-refractivity contribution in [2.45, 2.75) is 26.4 Å². The van der Waals surface area contributed by atoms with Crippen LogP contribution in [0.1, 0.15) is 36.5 Å². The number of H-pyrrole nitrogens is 1. The molecule has 7 aromatic rings.